The van der Waals surface area contributed by atoms with Gasteiger partial charge in [-0.25, -0.2) is 9.50 Å². The molecule has 1 fully saturated rings. The number of hydrogen-bond acceptors (Lipinski definition) is 6. The number of carbonyl (C=O) groups excluding carboxylic acids is 1. The lowest BCUT2D eigenvalue weighted by Gasteiger charge is -2.14. The van der Waals surface area contributed by atoms with Crippen LogP contribution in [-0.4, -0.2) is 32.1 Å². The largest absolute Gasteiger partial charge is 0.493 e. The quantitative estimate of drug-likeness (QED) is 0.401. The summed E-state index contributed by atoms with van der Waals surface area (Å²) in [5, 5.41) is 7.15. The van der Waals surface area contributed by atoms with E-state index < -0.39 is 0 Å². The van der Waals surface area contributed by atoms with Crippen LogP contribution in [0.1, 0.15) is 34.3 Å². The van der Waals surface area contributed by atoms with E-state index in [9.17, 15) is 4.79 Å². The number of nitrogen functional groups attached to an aromatic ring is 1. The van der Waals surface area contributed by atoms with Gasteiger partial charge in [-0.3, -0.25) is 4.79 Å². The van der Waals surface area contributed by atoms with Crippen LogP contribution in [0.25, 0.3) is 16.8 Å². The van der Waals surface area contributed by atoms with E-state index in [2.05, 4.69) is 20.4 Å². The van der Waals surface area contributed by atoms with Crippen molar-refractivity contribution in [3.63, 3.8) is 0 Å². The molecule has 0 radical (unpaired) electrons. The Morgan fingerprint density at radius 3 is 2.91 bits per heavy atom. The molecule has 1 aliphatic carbocycles. The van der Waals surface area contributed by atoms with Crippen molar-refractivity contribution in [1.82, 2.24) is 24.9 Å². The first-order valence-electron chi connectivity index (χ1n) is 10.7. The van der Waals surface area contributed by atoms with Crippen LogP contribution >= 0.6 is 11.6 Å². The van der Waals surface area contributed by atoms with Crippen LogP contribution in [0.4, 0.5) is 5.95 Å². The van der Waals surface area contributed by atoms with Crippen molar-refractivity contribution < 1.29 is 9.53 Å². The van der Waals surface area contributed by atoms with Crippen molar-refractivity contribution >= 4 is 29.1 Å². The molecule has 4 aromatic rings. The number of carbonyl (C=O) groups is 1. The summed E-state index contributed by atoms with van der Waals surface area (Å²) < 4.78 is 7.59. The first-order chi connectivity index (χ1) is 16.0. The molecular weight excluding hydrogens is 440 g/mol. The molecule has 1 amide bonds. The van der Waals surface area contributed by atoms with Gasteiger partial charge in [0.15, 0.2) is 5.65 Å². The molecular formula is C24H23ClN6O2. The highest BCUT2D eigenvalue weighted by molar-refractivity contribution is 6.32. The predicted octanol–water partition coefficient (Wildman–Crippen LogP) is 4.05. The molecule has 0 spiro atoms. The van der Waals surface area contributed by atoms with Crippen LogP contribution in [-0.2, 0) is 6.54 Å². The third-order valence-electron chi connectivity index (χ3n) is 5.60. The molecule has 3 N–H and O–H groups in total. The van der Waals surface area contributed by atoms with Gasteiger partial charge < -0.3 is 15.8 Å². The van der Waals surface area contributed by atoms with Gasteiger partial charge in [-0.05, 0) is 61.1 Å². The van der Waals surface area contributed by atoms with Crippen LogP contribution in [0, 0.1) is 12.8 Å². The number of pyridine rings is 2. The number of nitrogens with one attached hydrogen (secondary N) is 1. The number of anilines is 1. The number of nitrogens with two attached hydrogens (primary N) is 1. The Balaban J connectivity index is 1.34. The summed E-state index contributed by atoms with van der Waals surface area (Å²) in [4.78, 5) is 21.4. The fraction of sp³-hybridized carbons (Fsp3) is 0.250. The first-order valence-corrected chi connectivity index (χ1v) is 11.1. The topological polar surface area (TPSA) is 107 Å². The smallest absolute Gasteiger partial charge is 0.254 e. The second-order valence-electron chi connectivity index (χ2n) is 8.30. The fourth-order valence-corrected chi connectivity index (χ4v) is 3.74. The molecule has 0 bridgehead atoms. The minimum Gasteiger partial charge on any atom is -0.493 e. The maximum absolute atomic E-state index is 13.0. The normalized spacial score (nSPS) is 13.3. The number of fused-ring (bicyclic) bond motifs is 1. The number of aryl methyl sites for hydroxylation is 1. The lowest BCUT2D eigenvalue weighted by molar-refractivity contribution is 0.0950. The summed E-state index contributed by atoms with van der Waals surface area (Å²) >= 11 is 6.26. The monoisotopic (exact) mass is 462 g/mol. The van der Waals surface area contributed by atoms with E-state index >= 15 is 0 Å². The highest BCUT2D eigenvalue weighted by Crippen LogP contribution is 2.31. The molecule has 0 saturated heterocycles. The van der Waals surface area contributed by atoms with Gasteiger partial charge in [0.05, 0.1) is 12.2 Å². The molecule has 5 rings (SSSR count). The van der Waals surface area contributed by atoms with Crippen molar-refractivity contribution in [3.05, 3.63) is 70.6 Å². The minimum absolute atomic E-state index is 0.137. The van der Waals surface area contributed by atoms with Gasteiger partial charge in [-0.1, -0.05) is 23.7 Å². The molecule has 33 heavy (non-hydrogen) atoms. The van der Waals surface area contributed by atoms with Crippen LogP contribution in [0.2, 0.25) is 5.15 Å². The molecule has 0 aliphatic heterocycles. The van der Waals surface area contributed by atoms with E-state index in [-0.39, 0.29) is 17.0 Å². The maximum atomic E-state index is 13.0. The number of hydrogen-bond donors (Lipinski definition) is 2. The van der Waals surface area contributed by atoms with Crippen LogP contribution < -0.4 is 15.8 Å². The number of halogens is 1. The van der Waals surface area contributed by atoms with Gasteiger partial charge in [0, 0.05) is 30.1 Å². The Kier molecular flexibility index (Phi) is 5.60. The number of ether oxygens (including phenoxy) is 1. The van der Waals surface area contributed by atoms with Crippen LogP contribution in [0.15, 0.2) is 48.8 Å². The molecule has 0 unspecified atom stereocenters. The number of aromatic nitrogens is 4. The average molecular weight is 463 g/mol. The van der Waals surface area contributed by atoms with E-state index in [1.807, 2.05) is 37.3 Å². The zero-order chi connectivity index (χ0) is 22.9. The number of rotatable bonds is 7. The standard InChI is InChI=1S/C24H23ClN6O2/c1-14-2-5-17(20(8-14)33-13-15-3-4-15)11-28-23(32)19-9-18(12-27-22(19)25)16-6-7-31-21(10-16)29-24(26)30-31/h2,5-10,12,15H,3-4,11,13H2,1H3,(H2,26,30)(H,28,32). The SMILES string of the molecule is Cc1ccc(CNC(=O)c2cc(-c3ccn4nc(N)nc4c3)cnc2Cl)c(OCC2CC2)c1. The zero-order valence-electron chi connectivity index (χ0n) is 18.1. The van der Waals surface area contributed by atoms with Gasteiger partial charge in [-0.15, -0.1) is 5.10 Å². The summed E-state index contributed by atoms with van der Waals surface area (Å²) in [5.74, 6) is 1.34. The molecule has 8 nitrogen and oxygen atoms in total. The van der Waals surface area contributed by atoms with Gasteiger partial charge in [0.2, 0.25) is 5.95 Å². The Hall–Kier alpha value is -3.65. The highest BCUT2D eigenvalue weighted by atomic mass is 35.5. The van der Waals surface area contributed by atoms with E-state index in [1.165, 1.54) is 12.8 Å². The van der Waals surface area contributed by atoms with Gasteiger partial charge in [-0.2, -0.15) is 4.98 Å². The molecule has 1 aromatic carbocycles. The summed E-state index contributed by atoms with van der Waals surface area (Å²) in [7, 11) is 0. The molecule has 0 atom stereocenters. The Morgan fingerprint density at radius 2 is 2.09 bits per heavy atom. The highest BCUT2D eigenvalue weighted by Gasteiger charge is 2.22. The number of benzene rings is 1. The van der Waals surface area contributed by atoms with Crippen molar-refractivity contribution in [2.75, 3.05) is 12.3 Å². The van der Waals surface area contributed by atoms with Crippen molar-refractivity contribution in [3.8, 4) is 16.9 Å². The summed E-state index contributed by atoms with van der Waals surface area (Å²) in [6.07, 6.45) is 5.81. The van der Waals surface area contributed by atoms with Crippen LogP contribution in [0.3, 0.4) is 0 Å². The maximum Gasteiger partial charge on any atom is 0.254 e. The molecule has 168 valence electrons. The van der Waals surface area contributed by atoms with Crippen LogP contribution in [0.5, 0.6) is 5.75 Å². The van der Waals surface area contributed by atoms with E-state index in [1.54, 1.807) is 23.0 Å². The lowest BCUT2D eigenvalue weighted by Crippen LogP contribution is -2.24. The third kappa shape index (κ3) is 4.75. The fourth-order valence-electron chi connectivity index (χ4n) is 3.55. The average Bonchev–Trinajstić information content (AvgIpc) is 3.55. The number of nitrogens with zero attached hydrogens (tertiary/aromatic N) is 4. The van der Waals surface area contributed by atoms with E-state index in [0.29, 0.717) is 30.3 Å². The molecule has 1 aliphatic rings. The molecule has 3 heterocycles. The van der Waals surface area contributed by atoms with Gasteiger partial charge >= 0.3 is 0 Å². The van der Waals surface area contributed by atoms with Gasteiger partial charge in [0.1, 0.15) is 10.9 Å². The Morgan fingerprint density at radius 1 is 1.24 bits per heavy atom. The van der Waals surface area contributed by atoms with E-state index in [4.69, 9.17) is 22.1 Å². The van der Waals surface area contributed by atoms with Gasteiger partial charge in [0.25, 0.3) is 5.91 Å². The first kappa shape index (κ1) is 21.2. The predicted molar refractivity (Wildman–Crippen MR) is 126 cm³/mol. The third-order valence-corrected chi connectivity index (χ3v) is 5.91. The lowest BCUT2D eigenvalue weighted by atomic mass is 10.1. The Labute approximate surface area is 195 Å². The molecule has 3 aromatic heterocycles. The zero-order valence-corrected chi connectivity index (χ0v) is 18.8. The number of amides is 1. The second-order valence-corrected chi connectivity index (χ2v) is 8.66. The summed E-state index contributed by atoms with van der Waals surface area (Å²) in [6, 6.07) is 11.4. The van der Waals surface area contributed by atoms with Crippen molar-refractivity contribution in [2.45, 2.75) is 26.3 Å². The van der Waals surface area contributed by atoms with Crippen molar-refractivity contribution in [1.29, 1.82) is 0 Å². The molecule has 1 saturated carbocycles. The van der Waals surface area contributed by atoms with E-state index in [0.717, 1.165) is 28.0 Å². The summed E-state index contributed by atoms with van der Waals surface area (Å²) in [5.41, 5.74) is 10.1. The second kappa shape index (κ2) is 8.71. The Bertz CT molecular complexity index is 1350. The summed E-state index contributed by atoms with van der Waals surface area (Å²) in [6.45, 7) is 3.06. The molecule has 9 heteroatoms. The minimum atomic E-state index is -0.309. The van der Waals surface area contributed by atoms with Crippen molar-refractivity contribution in [2.24, 2.45) is 5.92 Å².